The number of anilines is 2. The first-order valence-corrected chi connectivity index (χ1v) is 8.03. The zero-order valence-electron chi connectivity index (χ0n) is 11.5. The number of amides is 1. The molecule has 0 saturated carbocycles. The Labute approximate surface area is 132 Å². The zero-order chi connectivity index (χ0) is 14.8. The predicted molar refractivity (Wildman–Crippen MR) is 88.3 cm³/mol. The molecule has 0 atom stereocenters. The van der Waals surface area contributed by atoms with Crippen LogP contribution in [0.5, 0.6) is 0 Å². The van der Waals surface area contributed by atoms with E-state index in [2.05, 4.69) is 4.90 Å². The van der Waals surface area contributed by atoms with E-state index in [1.165, 1.54) is 11.3 Å². The number of nitrogens with two attached hydrogens (primary N) is 1. The van der Waals surface area contributed by atoms with Crippen molar-refractivity contribution in [1.29, 1.82) is 0 Å². The highest BCUT2D eigenvalue weighted by Crippen LogP contribution is 2.25. The summed E-state index contributed by atoms with van der Waals surface area (Å²) in [4.78, 5) is 17.2. The van der Waals surface area contributed by atoms with E-state index in [1.807, 2.05) is 34.5 Å². The van der Waals surface area contributed by atoms with E-state index in [1.54, 1.807) is 6.07 Å². The molecule has 2 heterocycles. The third kappa shape index (κ3) is 2.99. The molecule has 21 heavy (non-hydrogen) atoms. The number of hydrogen-bond donors (Lipinski definition) is 1. The molecule has 0 radical (unpaired) electrons. The zero-order valence-corrected chi connectivity index (χ0v) is 13.0. The van der Waals surface area contributed by atoms with Crippen LogP contribution in [0.4, 0.5) is 11.4 Å². The first-order valence-electron chi connectivity index (χ1n) is 6.78. The molecule has 4 nitrogen and oxygen atoms in total. The van der Waals surface area contributed by atoms with Crippen molar-refractivity contribution in [3.63, 3.8) is 0 Å². The molecule has 1 amide bonds. The molecule has 0 aliphatic carbocycles. The van der Waals surface area contributed by atoms with Crippen LogP contribution in [-0.4, -0.2) is 37.0 Å². The molecule has 6 heteroatoms. The smallest absolute Gasteiger partial charge is 0.265 e. The number of carbonyl (C=O) groups excluding carboxylic acids is 1. The Hall–Kier alpha value is -1.72. The number of thiophene rings is 1. The molecule has 2 N–H and O–H groups in total. The standard InChI is InChI=1S/C15H16ClN3OS/c16-13-5-10-21-14(13)15(20)19-8-6-18(7-9-19)12-3-1-11(17)2-4-12/h1-5,10H,6-9,17H2. The number of halogens is 1. The Morgan fingerprint density at radius 3 is 2.33 bits per heavy atom. The summed E-state index contributed by atoms with van der Waals surface area (Å²) in [5, 5.41) is 2.39. The second kappa shape index (κ2) is 5.95. The van der Waals surface area contributed by atoms with Gasteiger partial charge in [0, 0.05) is 37.6 Å². The van der Waals surface area contributed by atoms with E-state index >= 15 is 0 Å². The van der Waals surface area contributed by atoms with Crippen LogP contribution in [0.3, 0.4) is 0 Å². The summed E-state index contributed by atoms with van der Waals surface area (Å²) in [7, 11) is 0. The van der Waals surface area contributed by atoms with Crippen LogP contribution in [0.2, 0.25) is 5.02 Å². The summed E-state index contributed by atoms with van der Waals surface area (Å²) in [5.74, 6) is 0.0342. The molecule has 1 saturated heterocycles. The van der Waals surface area contributed by atoms with Gasteiger partial charge in [-0.05, 0) is 35.7 Å². The lowest BCUT2D eigenvalue weighted by Gasteiger charge is -2.36. The lowest BCUT2D eigenvalue weighted by molar-refractivity contribution is 0.0752. The summed E-state index contributed by atoms with van der Waals surface area (Å²) < 4.78 is 0. The molecular formula is C15H16ClN3OS. The van der Waals surface area contributed by atoms with Crippen LogP contribution in [0.15, 0.2) is 35.7 Å². The SMILES string of the molecule is Nc1ccc(N2CCN(C(=O)c3sccc3Cl)CC2)cc1. The molecule has 0 bridgehead atoms. The molecule has 0 unspecified atom stereocenters. The van der Waals surface area contributed by atoms with Gasteiger partial charge in [-0.2, -0.15) is 0 Å². The lowest BCUT2D eigenvalue weighted by atomic mass is 10.2. The van der Waals surface area contributed by atoms with Gasteiger partial charge < -0.3 is 15.5 Å². The number of hydrogen-bond acceptors (Lipinski definition) is 4. The van der Waals surface area contributed by atoms with Gasteiger partial charge in [0.25, 0.3) is 5.91 Å². The Bertz CT molecular complexity index is 633. The fraction of sp³-hybridized carbons (Fsp3) is 0.267. The molecule has 1 aromatic heterocycles. The van der Waals surface area contributed by atoms with Crippen molar-refractivity contribution >= 4 is 40.2 Å². The fourth-order valence-corrected chi connectivity index (χ4v) is 3.55. The third-order valence-corrected chi connectivity index (χ3v) is 4.97. The molecular weight excluding hydrogens is 306 g/mol. The summed E-state index contributed by atoms with van der Waals surface area (Å²) in [5.41, 5.74) is 7.61. The Kier molecular flexibility index (Phi) is 4.03. The number of benzene rings is 1. The van der Waals surface area contributed by atoms with Gasteiger partial charge in [0.1, 0.15) is 4.88 Å². The van der Waals surface area contributed by atoms with Gasteiger partial charge >= 0.3 is 0 Å². The number of rotatable bonds is 2. The maximum atomic E-state index is 12.4. The van der Waals surface area contributed by atoms with E-state index < -0.39 is 0 Å². The first kappa shape index (κ1) is 14.2. The highest BCUT2D eigenvalue weighted by atomic mass is 35.5. The quantitative estimate of drug-likeness (QED) is 0.865. The molecule has 1 aliphatic heterocycles. The highest BCUT2D eigenvalue weighted by molar-refractivity contribution is 7.12. The maximum absolute atomic E-state index is 12.4. The second-order valence-corrected chi connectivity index (χ2v) is 6.29. The number of nitrogen functional groups attached to an aromatic ring is 1. The normalized spacial score (nSPS) is 15.3. The van der Waals surface area contributed by atoms with Crippen molar-refractivity contribution in [2.45, 2.75) is 0 Å². The first-order chi connectivity index (χ1) is 10.1. The summed E-state index contributed by atoms with van der Waals surface area (Å²) in [6.07, 6.45) is 0. The van der Waals surface area contributed by atoms with Gasteiger partial charge in [0.2, 0.25) is 0 Å². The summed E-state index contributed by atoms with van der Waals surface area (Å²) >= 11 is 7.43. The summed E-state index contributed by atoms with van der Waals surface area (Å²) in [6.45, 7) is 3.05. The Balaban J connectivity index is 1.64. The van der Waals surface area contributed by atoms with Gasteiger partial charge in [0.05, 0.1) is 5.02 Å². The lowest BCUT2D eigenvalue weighted by Crippen LogP contribution is -2.48. The van der Waals surface area contributed by atoms with E-state index in [0.717, 1.165) is 24.5 Å². The van der Waals surface area contributed by atoms with E-state index in [-0.39, 0.29) is 5.91 Å². The minimum atomic E-state index is 0.0342. The minimum absolute atomic E-state index is 0.0342. The van der Waals surface area contributed by atoms with E-state index in [0.29, 0.717) is 23.0 Å². The van der Waals surface area contributed by atoms with Crippen LogP contribution in [0, 0.1) is 0 Å². The van der Waals surface area contributed by atoms with Crippen molar-refractivity contribution in [3.05, 3.63) is 45.6 Å². The third-order valence-electron chi connectivity index (χ3n) is 3.64. The molecule has 1 fully saturated rings. The van der Waals surface area contributed by atoms with Gasteiger partial charge in [0.15, 0.2) is 0 Å². The van der Waals surface area contributed by atoms with Crippen LogP contribution in [0.1, 0.15) is 9.67 Å². The van der Waals surface area contributed by atoms with Gasteiger partial charge in [-0.25, -0.2) is 0 Å². The highest BCUT2D eigenvalue weighted by Gasteiger charge is 2.24. The maximum Gasteiger partial charge on any atom is 0.265 e. The average molecular weight is 322 g/mol. The average Bonchev–Trinajstić information content (AvgIpc) is 2.94. The predicted octanol–water partition coefficient (Wildman–Crippen LogP) is 2.95. The molecule has 3 rings (SSSR count). The Morgan fingerprint density at radius 2 is 1.76 bits per heavy atom. The van der Waals surface area contributed by atoms with Crippen molar-refractivity contribution in [1.82, 2.24) is 4.90 Å². The molecule has 2 aromatic rings. The summed E-state index contributed by atoms with van der Waals surface area (Å²) in [6, 6.07) is 9.60. The number of piperazine rings is 1. The van der Waals surface area contributed by atoms with Crippen molar-refractivity contribution in [2.24, 2.45) is 0 Å². The van der Waals surface area contributed by atoms with Crippen LogP contribution < -0.4 is 10.6 Å². The van der Waals surface area contributed by atoms with E-state index in [9.17, 15) is 4.79 Å². The van der Waals surface area contributed by atoms with Gasteiger partial charge in [-0.15, -0.1) is 11.3 Å². The van der Waals surface area contributed by atoms with Gasteiger partial charge in [-0.1, -0.05) is 11.6 Å². The monoisotopic (exact) mass is 321 g/mol. The van der Waals surface area contributed by atoms with Crippen molar-refractivity contribution < 1.29 is 4.79 Å². The van der Waals surface area contributed by atoms with Gasteiger partial charge in [-0.3, -0.25) is 4.79 Å². The Morgan fingerprint density at radius 1 is 1.10 bits per heavy atom. The fourth-order valence-electron chi connectivity index (χ4n) is 2.44. The largest absolute Gasteiger partial charge is 0.399 e. The molecule has 1 aliphatic rings. The van der Waals surface area contributed by atoms with Crippen molar-refractivity contribution in [2.75, 3.05) is 36.8 Å². The van der Waals surface area contributed by atoms with Crippen LogP contribution >= 0.6 is 22.9 Å². The number of nitrogens with zero attached hydrogens (tertiary/aromatic N) is 2. The molecule has 0 spiro atoms. The molecule has 1 aromatic carbocycles. The minimum Gasteiger partial charge on any atom is -0.399 e. The topological polar surface area (TPSA) is 49.6 Å². The van der Waals surface area contributed by atoms with Crippen LogP contribution in [-0.2, 0) is 0 Å². The molecule has 110 valence electrons. The number of carbonyl (C=O) groups is 1. The van der Waals surface area contributed by atoms with Crippen molar-refractivity contribution in [3.8, 4) is 0 Å². The van der Waals surface area contributed by atoms with Crippen LogP contribution in [0.25, 0.3) is 0 Å². The second-order valence-electron chi connectivity index (χ2n) is 4.97. The van der Waals surface area contributed by atoms with E-state index in [4.69, 9.17) is 17.3 Å².